The van der Waals surface area contributed by atoms with E-state index in [1.54, 1.807) is 0 Å². The van der Waals surface area contributed by atoms with Crippen LogP contribution in [0.2, 0.25) is 0 Å². The van der Waals surface area contributed by atoms with Gasteiger partial charge < -0.3 is 55.1 Å². The lowest BCUT2D eigenvalue weighted by Crippen LogP contribution is -2.49. The number of aliphatic hydroxyl groups is 8. The molecule has 0 unspecified atom stereocenters. The van der Waals surface area contributed by atoms with Gasteiger partial charge in [-0.05, 0) is 0 Å². The minimum Gasteiger partial charge on any atom is -0.394 e. The second-order valence-electron chi connectivity index (χ2n) is 5.17. The smallest absolute Gasteiger partial charge is 0.187 e. The molecule has 11 heteroatoms. The van der Waals surface area contributed by atoms with E-state index in [-0.39, 0.29) is 6.29 Å². The molecule has 11 nitrogen and oxygen atoms in total. The van der Waals surface area contributed by atoms with Crippen LogP contribution in [0.3, 0.4) is 0 Å². The molecule has 1 aliphatic rings. The summed E-state index contributed by atoms with van der Waals surface area (Å²) in [6.45, 7) is -1.64. The van der Waals surface area contributed by atoms with Gasteiger partial charge in [-0.15, -0.1) is 0 Å². The van der Waals surface area contributed by atoms with Crippen molar-refractivity contribution in [3.8, 4) is 0 Å². The zero-order valence-electron chi connectivity index (χ0n) is 12.0. The maximum absolute atomic E-state index is 11.0. The highest BCUT2D eigenvalue weighted by Crippen LogP contribution is 2.26. The van der Waals surface area contributed by atoms with Gasteiger partial charge in [0.1, 0.15) is 48.8 Å². The Morgan fingerprint density at radius 1 is 1.00 bits per heavy atom. The van der Waals surface area contributed by atoms with Gasteiger partial charge >= 0.3 is 0 Å². The minimum atomic E-state index is -1.95. The lowest BCUT2D eigenvalue weighted by Gasteiger charge is -2.28. The van der Waals surface area contributed by atoms with Crippen molar-refractivity contribution in [2.45, 2.75) is 55.1 Å². The fraction of sp³-hybridized carbons (Fsp3) is 0.917. The zero-order valence-corrected chi connectivity index (χ0v) is 12.0. The van der Waals surface area contributed by atoms with Gasteiger partial charge in [0.2, 0.25) is 0 Å². The number of rotatable bonds is 9. The fourth-order valence-corrected chi connectivity index (χ4v) is 2.08. The molecule has 136 valence electrons. The molecule has 0 aromatic carbocycles. The first-order chi connectivity index (χ1) is 10.8. The van der Waals surface area contributed by atoms with Gasteiger partial charge in [-0.1, -0.05) is 0 Å². The summed E-state index contributed by atoms with van der Waals surface area (Å²) in [5.74, 6) is 0. The van der Waals surface area contributed by atoms with E-state index in [2.05, 4.69) is 0 Å². The summed E-state index contributed by atoms with van der Waals surface area (Å²) in [6, 6.07) is 0. The fourth-order valence-electron chi connectivity index (χ4n) is 2.08. The molecule has 1 aliphatic heterocycles. The van der Waals surface area contributed by atoms with E-state index in [9.17, 15) is 35.4 Å². The molecule has 8 N–H and O–H groups in total. The monoisotopic (exact) mass is 342 g/mol. The first-order valence-corrected chi connectivity index (χ1v) is 6.84. The van der Waals surface area contributed by atoms with Crippen LogP contribution in [0.4, 0.5) is 0 Å². The molecule has 0 spiro atoms. The Bertz CT molecular complexity index is 367. The van der Waals surface area contributed by atoms with Crippen molar-refractivity contribution in [1.82, 2.24) is 0 Å². The van der Waals surface area contributed by atoms with Crippen molar-refractivity contribution < 1.29 is 55.1 Å². The lowest BCUT2D eigenvalue weighted by molar-refractivity contribution is -0.224. The molecule has 0 aliphatic carbocycles. The molecule has 23 heavy (non-hydrogen) atoms. The Hall–Kier alpha value is -0.730. The Kier molecular flexibility index (Phi) is 7.89. The number of aldehydes is 1. The van der Waals surface area contributed by atoms with Crippen molar-refractivity contribution >= 4 is 6.29 Å². The SMILES string of the molecule is O=C[C@H](O[C@@H]1O[C@@H]([C@H](O)CO)[C@H](O)[C@H]1O)[C@@H](O)[C@@H](O)[C@H](O)CO. The number of ether oxygens (including phenoxy) is 2. The molecule has 1 rings (SSSR count). The summed E-state index contributed by atoms with van der Waals surface area (Å²) in [6.07, 6.45) is -15.2. The summed E-state index contributed by atoms with van der Waals surface area (Å²) in [5.41, 5.74) is 0. The molecule has 9 atom stereocenters. The third-order valence-corrected chi connectivity index (χ3v) is 3.52. The van der Waals surface area contributed by atoms with Crippen molar-refractivity contribution in [3.63, 3.8) is 0 Å². The van der Waals surface area contributed by atoms with Gasteiger partial charge in [-0.2, -0.15) is 0 Å². The Morgan fingerprint density at radius 3 is 2.09 bits per heavy atom. The van der Waals surface area contributed by atoms with E-state index < -0.39 is 68.3 Å². The Balaban J connectivity index is 2.74. The summed E-state index contributed by atoms with van der Waals surface area (Å²) in [5, 5.41) is 74.9. The minimum absolute atomic E-state index is 0.0657. The Labute approximate surface area is 130 Å². The number of hydrogen-bond acceptors (Lipinski definition) is 11. The summed E-state index contributed by atoms with van der Waals surface area (Å²) in [7, 11) is 0. The van der Waals surface area contributed by atoms with Crippen LogP contribution in [0.25, 0.3) is 0 Å². The molecule has 0 amide bonds. The van der Waals surface area contributed by atoms with E-state index in [0.29, 0.717) is 0 Å². The second-order valence-corrected chi connectivity index (χ2v) is 5.17. The van der Waals surface area contributed by atoms with Crippen molar-refractivity contribution in [2.75, 3.05) is 13.2 Å². The number of carbonyl (C=O) groups excluding carboxylic acids is 1. The molecule has 0 aromatic heterocycles. The molecule has 0 aromatic rings. The van der Waals surface area contributed by atoms with Gasteiger partial charge in [-0.25, -0.2) is 0 Å². The predicted octanol–water partition coefficient (Wildman–Crippen LogP) is -5.55. The highest BCUT2D eigenvalue weighted by Gasteiger charge is 2.48. The first-order valence-electron chi connectivity index (χ1n) is 6.84. The standard InChI is InChI=1S/C12H22O11/c13-1-4(16)7(18)8(19)6(3-15)22-12-10(21)9(20)11(23-12)5(17)2-14/h3-14,16-21H,1-2H2/t4-,5-,6+,7+,8-,9-,10-,11+,12-/m1/s1. The number of carbonyl (C=O) groups is 1. The van der Waals surface area contributed by atoms with E-state index in [4.69, 9.17) is 19.7 Å². The summed E-state index contributed by atoms with van der Waals surface area (Å²) < 4.78 is 9.94. The van der Waals surface area contributed by atoms with Gasteiger partial charge in [0.15, 0.2) is 12.6 Å². The molecule has 1 heterocycles. The van der Waals surface area contributed by atoms with Gasteiger partial charge in [0, 0.05) is 0 Å². The van der Waals surface area contributed by atoms with Crippen LogP contribution in [-0.4, -0.2) is 115 Å². The lowest BCUT2D eigenvalue weighted by atomic mass is 10.0. The average Bonchev–Trinajstić information content (AvgIpc) is 2.84. The third kappa shape index (κ3) is 4.64. The largest absolute Gasteiger partial charge is 0.394 e. The number of hydrogen-bond donors (Lipinski definition) is 8. The quantitative estimate of drug-likeness (QED) is 0.186. The van der Waals surface area contributed by atoms with Crippen LogP contribution in [0.5, 0.6) is 0 Å². The van der Waals surface area contributed by atoms with Crippen LogP contribution in [-0.2, 0) is 14.3 Å². The van der Waals surface area contributed by atoms with Crippen molar-refractivity contribution in [2.24, 2.45) is 0 Å². The molecule has 1 saturated heterocycles. The van der Waals surface area contributed by atoms with Crippen molar-refractivity contribution in [3.05, 3.63) is 0 Å². The summed E-state index contributed by atoms with van der Waals surface area (Å²) in [4.78, 5) is 11.0. The van der Waals surface area contributed by atoms with Crippen LogP contribution in [0.15, 0.2) is 0 Å². The van der Waals surface area contributed by atoms with E-state index >= 15 is 0 Å². The van der Waals surface area contributed by atoms with Crippen LogP contribution >= 0.6 is 0 Å². The highest BCUT2D eigenvalue weighted by atomic mass is 16.7. The zero-order chi connectivity index (χ0) is 17.7. The molecule has 0 saturated carbocycles. The molecule has 0 bridgehead atoms. The normalized spacial score (nSPS) is 34.6. The van der Waals surface area contributed by atoms with Crippen molar-refractivity contribution in [1.29, 1.82) is 0 Å². The van der Waals surface area contributed by atoms with Crippen LogP contribution < -0.4 is 0 Å². The maximum Gasteiger partial charge on any atom is 0.187 e. The van der Waals surface area contributed by atoms with E-state index in [0.717, 1.165) is 0 Å². The van der Waals surface area contributed by atoms with Gasteiger partial charge in [0.25, 0.3) is 0 Å². The third-order valence-electron chi connectivity index (χ3n) is 3.52. The van der Waals surface area contributed by atoms with Crippen LogP contribution in [0.1, 0.15) is 0 Å². The van der Waals surface area contributed by atoms with Gasteiger partial charge in [0.05, 0.1) is 13.2 Å². The average molecular weight is 342 g/mol. The van der Waals surface area contributed by atoms with E-state index in [1.165, 1.54) is 0 Å². The molecule has 0 radical (unpaired) electrons. The maximum atomic E-state index is 11.0. The Morgan fingerprint density at radius 2 is 1.61 bits per heavy atom. The summed E-state index contributed by atoms with van der Waals surface area (Å²) >= 11 is 0. The molecular formula is C12H22O11. The molecular weight excluding hydrogens is 320 g/mol. The second kappa shape index (κ2) is 8.94. The molecule has 1 fully saturated rings. The number of aliphatic hydroxyl groups excluding tert-OH is 8. The van der Waals surface area contributed by atoms with Crippen LogP contribution in [0, 0.1) is 0 Å². The van der Waals surface area contributed by atoms with E-state index in [1.807, 2.05) is 0 Å². The highest BCUT2D eigenvalue weighted by molar-refractivity contribution is 5.57. The predicted molar refractivity (Wildman–Crippen MR) is 69.8 cm³/mol. The van der Waals surface area contributed by atoms with Gasteiger partial charge in [-0.3, -0.25) is 0 Å². The topological polar surface area (TPSA) is 197 Å². The first kappa shape index (κ1) is 20.3.